The molecule has 0 aromatic heterocycles. The van der Waals surface area contributed by atoms with E-state index in [-0.39, 0.29) is 12.3 Å². The summed E-state index contributed by atoms with van der Waals surface area (Å²) in [6.07, 6.45) is -0.701. The molecule has 2 amide bonds. The first kappa shape index (κ1) is 25.6. The Hall–Kier alpha value is -4.08. The van der Waals surface area contributed by atoms with Crippen molar-refractivity contribution in [2.24, 2.45) is 0 Å². The molecule has 2 aliphatic rings. The number of thioether (sulfide) groups is 1. The van der Waals surface area contributed by atoms with Crippen LogP contribution in [0.5, 0.6) is 5.75 Å². The van der Waals surface area contributed by atoms with Gasteiger partial charge in [0.15, 0.2) is 12.7 Å². The SMILES string of the molecule is O=C(COc1ccccc1)NC1C(=O)N2C(C(=O)OC(c3ccccc3)c3ccccc3)=C(CO)CS[C@@H]12. The number of hydrogen-bond acceptors (Lipinski definition) is 7. The molecule has 9 heteroatoms. The summed E-state index contributed by atoms with van der Waals surface area (Å²) in [5.74, 6) is -0.722. The van der Waals surface area contributed by atoms with Crippen LogP contribution in [0.25, 0.3) is 0 Å². The Morgan fingerprint density at radius 2 is 1.53 bits per heavy atom. The Morgan fingerprint density at radius 3 is 2.11 bits per heavy atom. The van der Waals surface area contributed by atoms with Crippen LogP contribution < -0.4 is 10.1 Å². The van der Waals surface area contributed by atoms with Crippen molar-refractivity contribution in [3.05, 3.63) is 113 Å². The van der Waals surface area contributed by atoms with Crippen LogP contribution in [0.15, 0.2) is 102 Å². The van der Waals surface area contributed by atoms with Crippen LogP contribution in [0.1, 0.15) is 17.2 Å². The molecule has 0 bridgehead atoms. The van der Waals surface area contributed by atoms with Crippen LogP contribution >= 0.6 is 11.8 Å². The first-order valence-electron chi connectivity index (χ1n) is 12.1. The molecule has 38 heavy (non-hydrogen) atoms. The van der Waals surface area contributed by atoms with Gasteiger partial charge >= 0.3 is 5.97 Å². The zero-order chi connectivity index (χ0) is 26.5. The summed E-state index contributed by atoms with van der Waals surface area (Å²) in [4.78, 5) is 40.5. The number of benzene rings is 3. The van der Waals surface area contributed by atoms with Crippen molar-refractivity contribution >= 4 is 29.5 Å². The van der Waals surface area contributed by atoms with Crippen molar-refractivity contribution in [3.8, 4) is 5.75 Å². The highest BCUT2D eigenvalue weighted by Gasteiger charge is 2.54. The fourth-order valence-electron chi connectivity index (χ4n) is 4.42. The smallest absolute Gasteiger partial charge is 0.356 e. The van der Waals surface area contributed by atoms with Crippen molar-refractivity contribution in [1.82, 2.24) is 10.2 Å². The quantitative estimate of drug-likeness (QED) is 0.324. The van der Waals surface area contributed by atoms with Gasteiger partial charge in [-0.05, 0) is 28.8 Å². The third-order valence-corrected chi connectivity index (χ3v) is 7.63. The van der Waals surface area contributed by atoms with Gasteiger partial charge in [0.1, 0.15) is 22.9 Å². The fraction of sp³-hybridized carbons (Fsp3) is 0.207. The number of para-hydroxylation sites is 1. The van der Waals surface area contributed by atoms with Gasteiger partial charge in [0, 0.05) is 5.75 Å². The number of aliphatic hydroxyl groups is 1. The maximum absolute atomic E-state index is 13.5. The van der Waals surface area contributed by atoms with Crippen LogP contribution in [-0.4, -0.2) is 58.2 Å². The molecule has 1 unspecified atom stereocenters. The van der Waals surface area contributed by atoms with Crippen molar-refractivity contribution in [1.29, 1.82) is 0 Å². The van der Waals surface area contributed by atoms with Crippen molar-refractivity contribution < 1.29 is 29.0 Å². The first-order valence-corrected chi connectivity index (χ1v) is 13.2. The molecular weight excluding hydrogens is 504 g/mol. The molecule has 2 aliphatic heterocycles. The zero-order valence-corrected chi connectivity index (χ0v) is 21.2. The average Bonchev–Trinajstić information content (AvgIpc) is 2.98. The van der Waals surface area contributed by atoms with Crippen LogP contribution in [-0.2, 0) is 19.1 Å². The second-order valence-electron chi connectivity index (χ2n) is 8.77. The number of nitrogens with one attached hydrogen (secondary N) is 1. The topological polar surface area (TPSA) is 105 Å². The van der Waals surface area contributed by atoms with Crippen LogP contribution in [0.3, 0.4) is 0 Å². The van der Waals surface area contributed by atoms with E-state index in [1.165, 1.54) is 16.7 Å². The van der Waals surface area contributed by atoms with Crippen LogP contribution in [0.2, 0.25) is 0 Å². The van der Waals surface area contributed by atoms with E-state index in [4.69, 9.17) is 9.47 Å². The van der Waals surface area contributed by atoms with Crippen LogP contribution in [0, 0.1) is 0 Å². The average molecular weight is 531 g/mol. The maximum atomic E-state index is 13.5. The third-order valence-electron chi connectivity index (χ3n) is 6.29. The lowest BCUT2D eigenvalue weighted by Crippen LogP contribution is -2.71. The monoisotopic (exact) mass is 530 g/mol. The minimum Gasteiger partial charge on any atom is -0.484 e. The second kappa shape index (κ2) is 11.5. The molecule has 194 valence electrons. The van der Waals surface area contributed by atoms with Gasteiger partial charge in [-0.15, -0.1) is 11.8 Å². The number of carbonyl (C=O) groups excluding carboxylic acids is 3. The molecule has 5 rings (SSSR count). The van der Waals surface area contributed by atoms with E-state index >= 15 is 0 Å². The molecule has 2 N–H and O–H groups in total. The molecular formula is C29H26N2O6S. The normalized spacial score (nSPS) is 18.5. The number of rotatable bonds is 9. The highest BCUT2D eigenvalue weighted by atomic mass is 32.2. The lowest BCUT2D eigenvalue weighted by atomic mass is 10.0. The molecule has 2 heterocycles. The largest absolute Gasteiger partial charge is 0.484 e. The van der Waals surface area contributed by atoms with E-state index in [1.54, 1.807) is 24.3 Å². The highest BCUT2D eigenvalue weighted by Crippen LogP contribution is 2.41. The molecule has 1 saturated heterocycles. The first-order chi connectivity index (χ1) is 18.6. The number of fused-ring (bicyclic) bond motifs is 1. The Morgan fingerprint density at radius 1 is 0.947 bits per heavy atom. The van der Waals surface area contributed by atoms with Crippen LogP contribution in [0.4, 0.5) is 0 Å². The Kier molecular flexibility index (Phi) is 7.76. The Balaban J connectivity index is 1.31. The van der Waals surface area contributed by atoms with Crippen molar-refractivity contribution in [3.63, 3.8) is 0 Å². The summed E-state index contributed by atoms with van der Waals surface area (Å²) in [5, 5.41) is 12.2. The lowest BCUT2D eigenvalue weighted by molar-refractivity contribution is -0.155. The summed E-state index contributed by atoms with van der Waals surface area (Å²) in [6, 6.07) is 26.7. The number of carbonyl (C=O) groups is 3. The number of amides is 2. The molecule has 0 spiro atoms. The van der Waals surface area contributed by atoms with E-state index in [2.05, 4.69) is 5.32 Å². The van der Waals surface area contributed by atoms with Gasteiger partial charge in [0.05, 0.1) is 6.61 Å². The van der Waals surface area contributed by atoms with E-state index in [0.29, 0.717) is 17.1 Å². The number of hydrogen-bond donors (Lipinski definition) is 2. The van der Waals surface area contributed by atoms with Gasteiger partial charge in [-0.25, -0.2) is 4.79 Å². The summed E-state index contributed by atoms with van der Waals surface area (Å²) >= 11 is 1.37. The number of aliphatic hydroxyl groups excluding tert-OH is 1. The molecule has 0 aliphatic carbocycles. The van der Waals surface area contributed by atoms with Gasteiger partial charge in [0.2, 0.25) is 0 Å². The standard InChI is InChI=1S/C29H26N2O6S/c32-16-21-18-38-28-24(30-23(33)17-36-22-14-8-3-9-15-22)27(34)31(28)25(21)29(35)37-26(19-10-4-1-5-11-19)20-12-6-2-7-13-20/h1-15,24,26,28,32H,16-18H2,(H,30,33)/t24?,28-/m0/s1. The molecule has 3 aromatic rings. The van der Waals surface area contributed by atoms with E-state index < -0.39 is 41.9 Å². The summed E-state index contributed by atoms with van der Waals surface area (Å²) in [6.45, 7) is -0.634. The zero-order valence-electron chi connectivity index (χ0n) is 20.4. The molecule has 2 atom stereocenters. The summed E-state index contributed by atoms with van der Waals surface area (Å²) < 4.78 is 11.5. The third kappa shape index (κ3) is 5.29. The van der Waals surface area contributed by atoms with Gasteiger partial charge < -0.3 is 19.9 Å². The highest BCUT2D eigenvalue weighted by molar-refractivity contribution is 8.00. The molecule has 3 aromatic carbocycles. The minimum atomic E-state index is -0.811. The van der Waals surface area contributed by atoms with Gasteiger partial charge in [-0.1, -0.05) is 78.9 Å². The lowest BCUT2D eigenvalue weighted by Gasteiger charge is -2.49. The second-order valence-corrected chi connectivity index (χ2v) is 9.88. The molecule has 8 nitrogen and oxygen atoms in total. The van der Waals surface area contributed by atoms with Crippen molar-refractivity contribution in [2.75, 3.05) is 19.0 Å². The number of β-lactam (4-membered cyclic amide) rings is 1. The fourth-order valence-corrected chi connectivity index (χ4v) is 5.76. The van der Waals surface area contributed by atoms with Gasteiger partial charge in [-0.2, -0.15) is 0 Å². The summed E-state index contributed by atoms with van der Waals surface area (Å²) in [5.41, 5.74) is 1.99. The van der Waals surface area contributed by atoms with Gasteiger partial charge in [-0.3, -0.25) is 14.5 Å². The Bertz CT molecular complexity index is 1290. The van der Waals surface area contributed by atoms with E-state index in [1.807, 2.05) is 66.7 Å². The van der Waals surface area contributed by atoms with E-state index in [9.17, 15) is 19.5 Å². The van der Waals surface area contributed by atoms with Gasteiger partial charge in [0.25, 0.3) is 11.8 Å². The van der Waals surface area contributed by atoms with E-state index in [0.717, 1.165) is 11.1 Å². The Labute approximate surface area is 224 Å². The number of esters is 1. The van der Waals surface area contributed by atoms with Crippen molar-refractivity contribution in [2.45, 2.75) is 17.5 Å². The maximum Gasteiger partial charge on any atom is 0.356 e. The number of ether oxygens (including phenoxy) is 2. The molecule has 0 radical (unpaired) electrons. The predicted molar refractivity (Wildman–Crippen MR) is 142 cm³/mol. The number of nitrogens with zero attached hydrogens (tertiary/aromatic N) is 1. The molecule has 1 fully saturated rings. The molecule has 0 saturated carbocycles. The minimum absolute atomic E-state index is 0.0316. The summed E-state index contributed by atoms with van der Waals surface area (Å²) in [7, 11) is 0. The predicted octanol–water partition coefficient (Wildman–Crippen LogP) is 3.04.